The largest absolute Gasteiger partial charge is 0.497 e. The molecule has 0 aliphatic heterocycles. The highest BCUT2D eigenvalue weighted by Gasteiger charge is 2.21. The third-order valence-electron chi connectivity index (χ3n) is 1.82. The van der Waals surface area contributed by atoms with Crippen LogP contribution in [0.2, 0.25) is 0 Å². The van der Waals surface area contributed by atoms with Crippen LogP contribution in [0.1, 0.15) is 0 Å². The summed E-state index contributed by atoms with van der Waals surface area (Å²) in [6, 6.07) is 7.62. The quantitative estimate of drug-likeness (QED) is 0.637. The molecule has 13 heavy (non-hydrogen) atoms. The number of para-hydroxylation sites is 1. The lowest BCUT2D eigenvalue weighted by molar-refractivity contribution is 0.290. The average molecular weight is 180 g/mol. The monoisotopic (exact) mass is 180 g/mol. The van der Waals surface area contributed by atoms with Crippen LogP contribution in [0.5, 0.6) is 5.75 Å². The summed E-state index contributed by atoms with van der Waals surface area (Å²) in [4.78, 5) is 0. The predicted molar refractivity (Wildman–Crippen MR) is 52.4 cm³/mol. The Balaban J connectivity index is 2.96. The molecular weight excluding hydrogens is 167 g/mol. The van der Waals surface area contributed by atoms with Crippen LogP contribution in [-0.4, -0.2) is 28.4 Å². The second-order valence-electron chi connectivity index (χ2n) is 2.55. The molecule has 0 heterocycles. The van der Waals surface area contributed by atoms with Crippen LogP contribution in [0.3, 0.4) is 0 Å². The van der Waals surface area contributed by atoms with Crippen LogP contribution in [0, 0.1) is 0 Å². The summed E-state index contributed by atoms with van der Waals surface area (Å²) >= 11 is 0. The fourth-order valence-corrected chi connectivity index (χ4v) is 1.21. The molecule has 0 radical (unpaired) electrons. The highest BCUT2D eigenvalue weighted by Crippen LogP contribution is 2.07. The van der Waals surface area contributed by atoms with E-state index in [9.17, 15) is 0 Å². The van der Waals surface area contributed by atoms with Crippen molar-refractivity contribution in [3.8, 4) is 5.75 Å². The van der Waals surface area contributed by atoms with Crippen molar-refractivity contribution in [1.82, 2.24) is 0 Å². The average Bonchev–Trinajstić information content (AvgIpc) is 2.20. The van der Waals surface area contributed by atoms with Gasteiger partial charge in [-0.1, -0.05) is 18.2 Å². The smallest absolute Gasteiger partial charge is 0.497 e. The van der Waals surface area contributed by atoms with E-state index in [0.717, 1.165) is 11.2 Å². The first kappa shape index (κ1) is 10.1. The lowest BCUT2D eigenvalue weighted by Gasteiger charge is -2.12. The maximum Gasteiger partial charge on any atom is 0.497 e. The van der Waals surface area contributed by atoms with Gasteiger partial charge in [0.1, 0.15) is 5.75 Å². The SMILES string of the molecule is COB(OC)c1ccccc1OC. The van der Waals surface area contributed by atoms with Crippen LogP contribution < -0.4 is 10.2 Å². The van der Waals surface area contributed by atoms with Crippen molar-refractivity contribution in [3.05, 3.63) is 24.3 Å². The van der Waals surface area contributed by atoms with E-state index in [1.165, 1.54) is 0 Å². The highest BCUT2D eigenvalue weighted by molar-refractivity contribution is 6.62. The van der Waals surface area contributed by atoms with Gasteiger partial charge in [-0.05, 0) is 6.07 Å². The van der Waals surface area contributed by atoms with Crippen molar-refractivity contribution in [3.63, 3.8) is 0 Å². The second kappa shape index (κ2) is 4.89. The second-order valence-corrected chi connectivity index (χ2v) is 2.55. The summed E-state index contributed by atoms with van der Waals surface area (Å²) < 4.78 is 15.4. The van der Waals surface area contributed by atoms with Gasteiger partial charge < -0.3 is 14.0 Å². The summed E-state index contributed by atoms with van der Waals surface area (Å²) in [5.41, 5.74) is 0.898. The Morgan fingerprint density at radius 1 is 1.00 bits per heavy atom. The summed E-state index contributed by atoms with van der Waals surface area (Å²) in [7, 11) is 4.46. The van der Waals surface area contributed by atoms with E-state index in [0.29, 0.717) is 0 Å². The maximum atomic E-state index is 5.17. The summed E-state index contributed by atoms with van der Waals surface area (Å²) in [5.74, 6) is 0.774. The van der Waals surface area contributed by atoms with Crippen molar-refractivity contribution in [2.45, 2.75) is 0 Å². The molecular formula is C9H13BO3. The third kappa shape index (κ3) is 2.23. The van der Waals surface area contributed by atoms with Crippen LogP contribution in [0.15, 0.2) is 24.3 Å². The minimum absolute atomic E-state index is 0.365. The molecule has 0 N–H and O–H groups in total. The van der Waals surface area contributed by atoms with E-state index >= 15 is 0 Å². The molecule has 1 rings (SSSR count). The molecule has 0 bridgehead atoms. The van der Waals surface area contributed by atoms with Crippen molar-refractivity contribution >= 4 is 12.6 Å². The Hall–Kier alpha value is -0.995. The summed E-state index contributed by atoms with van der Waals surface area (Å²) in [6.07, 6.45) is 0. The zero-order valence-corrected chi connectivity index (χ0v) is 8.11. The maximum absolute atomic E-state index is 5.17. The predicted octanol–water partition coefficient (Wildman–Crippen LogP) is 0.683. The first-order chi connectivity index (χ1) is 6.33. The lowest BCUT2D eigenvalue weighted by atomic mass is 9.78. The van der Waals surface area contributed by atoms with Crippen LogP contribution in [-0.2, 0) is 9.31 Å². The Kier molecular flexibility index (Phi) is 3.80. The molecule has 0 atom stereocenters. The molecule has 4 heteroatoms. The third-order valence-corrected chi connectivity index (χ3v) is 1.82. The van der Waals surface area contributed by atoms with Gasteiger partial charge in [-0.25, -0.2) is 0 Å². The molecule has 1 aromatic carbocycles. The van der Waals surface area contributed by atoms with Crippen LogP contribution in [0.4, 0.5) is 0 Å². The van der Waals surface area contributed by atoms with Gasteiger partial charge in [-0.3, -0.25) is 0 Å². The molecule has 0 fully saturated rings. The lowest BCUT2D eigenvalue weighted by Crippen LogP contribution is -2.35. The van der Waals surface area contributed by atoms with Gasteiger partial charge in [0, 0.05) is 19.7 Å². The molecule has 0 aliphatic carbocycles. The number of hydrogen-bond donors (Lipinski definition) is 0. The minimum atomic E-state index is -0.365. The molecule has 0 aromatic heterocycles. The van der Waals surface area contributed by atoms with Gasteiger partial charge in [0.05, 0.1) is 7.11 Å². The highest BCUT2D eigenvalue weighted by atomic mass is 16.6. The molecule has 0 amide bonds. The Labute approximate surface area is 78.8 Å². The molecule has 0 saturated carbocycles. The number of benzene rings is 1. The zero-order valence-electron chi connectivity index (χ0n) is 8.11. The van der Waals surface area contributed by atoms with Crippen LogP contribution >= 0.6 is 0 Å². The topological polar surface area (TPSA) is 27.7 Å². The zero-order chi connectivity index (χ0) is 9.68. The van der Waals surface area contributed by atoms with E-state index in [1.807, 2.05) is 24.3 Å². The van der Waals surface area contributed by atoms with Gasteiger partial charge in [-0.2, -0.15) is 0 Å². The van der Waals surface area contributed by atoms with Crippen LogP contribution in [0.25, 0.3) is 0 Å². The van der Waals surface area contributed by atoms with E-state index < -0.39 is 0 Å². The molecule has 0 saturated heterocycles. The molecule has 0 unspecified atom stereocenters. The van der Waals surface area contributed by atoms with Crippen molar-refractivity contribution in [1.29, 1.82) is 0 Å². The normalized spacial score (nSPS) is 9.77. The van der Waals surface area contributed by atoms with Crippen molar-refractivity contribution in [2.75, 3.05) is 21.3 Å². The first-order valence-electron chi connectivity index (χ1n) is 4.02. The first-order valence-corrected chi connectivity index (χ1v) is 4.02. The van der Waals surface area contributed by atoms with E-state index in [2.05, 4.69) is 0 Å². The Morgan fingerprint density at radius 3 is 2.15 bits per heavy atom. The fourth-order valence-electron chi connectivity index (χ4n) is 1.21. The van der Waals surface area contributed by atoms with Gasteiger partial charge >= 0.3 is 7.12 Å². The number of rotatable bonds is 4. The van der Waals surface area contributed by atoms with E-state index in [4.69, 9.17) is 14.0 Å². The number of methoxy groups -OCH3 is 1. The molecule has 0 spiro atoms. The van der Waals surface area contributed by atoms with Crippen molar-refractivity contribution < 1.29 is 14.0 Å². The van der Waals surface area contributed by atoms with Gasteiger partial charge in [0.2, 0.25) is 0 Å². The Bertz CT molecular complexity index is 261. The van der Waals surface area contributed by atoms with Gasteiger partial charge in [-0.15, -0.1) is 0 Å². The number of hydrogen-bond acceptors (Lipinski definition) is 3. The molecule has 0 aliphatic rings. The summed E-state index contributed by atoms with van der Waals surface area (Å²) in [6.45, 7) is 0. The molecule has 1 aromatic rings. The van der Waals surface area contributed by atoms with Crippen molar-refractivity contribution in [2.24, 2.45) is 0 Å². The summed E-state index contributed by atoms with van der Waals surface area (Å²) in [5, 5.41) is 0. The van der Waals surface area contributed by atoms with Gasteiger partial charge in [0.25, 0.3) is 0 Å². The van der Waals surface area contributed by atoms with Gasteiger partial charge in [0.15, 0.2) is 0 Å². The molecule has 3 nitrogen and oxygen atoms in total. The standard InChI is InChI=1S/C9H13BO3/c1-11-9-7-5-4-6-8(9)10(12-2)13-3/h4-7H,1-3H3. The minimum Gasteiger partial charge on any atom is -0.497 e. The fraction of sp³-hybridized carbons (Fsp3) is 0.333. The van der Waals surface area contributed by atoms with E-state index in [1.54, 1.807) is 21.3 Å². The molecule has 70 valence electrons. The number of ether oxygens (including phenoxy) is 1. The Morgan fingerprint density at radius 2 is 1.62 bits per heavy atom. The van der Waals surface area contributed by atoms with E-state index in [-0.39, 0.29) is 7.12 Å².